The second kappa shape index (κ2) is 8.24. The Kier molecular flexibility index (Phi) is 6.01. The molecule has 1 N–H and O–H groups in total. The number of hydrogen-bond donors (Lipinski definition) is 1. The van der Waals surface area contributed by atoms with Crippen LogP contribution in [0.4, 0.5) is 8.78 Å². The maximum atomic E-state index is 13.2. The summed E-state index contributed by atoms with van der Waals surface area (Å²) in [7, 11) is -3.82. The number of rotatable bonds is 7. The van der Waals surface area contributed by atoms with Gasteiger partial charge in [-0.15, -0.1) is 0 Å². The first-order valence-corrected chi connectivity index (χ1v) is 10.2. The molecule has 0 unspecified atom stereocenters. The van der Waals surface area contributed by atoms with Crippen molar-refractivity contribution < 1.29 is 17.2 Å². The number of unbranched alkanes of at least 4 members (excludes halogenated alkanes) is 1. The Bertz CT molecular complexity index is 872. The highest BCUT2D eigenvalue weighted by molar-refractivity contribution is 7.89. The molecule has 0 aromatic heterocycles. The first-order chi connectivity index (χ1) is 12.5. The van der Waals surface area contributed by atoms with E-state index in [1.165, 1.54) is 11.1 Å². The molecule has 0 spiro atoms. The molecule has 0 fully saturated rings. The molecule has 3 rings (SSSR count). The number of nitrogens with zero attached hydrogens (tertiary/aromatic N) is 1. The van der Waals surface area contributed by atoms with E-state index in [0.29, 0.717) is 12.5 Å². The largest absolute Gasteiger partial charge is 0.299 e. The summed E-state index contributed by atoms with van der Waals surface area (Å²) in [5, 5.41) is 0. The maximum Gasteiger partial charge on any atom is 0.240 e. The predicted octanol–water partition coefficient (Wildman–Crippen LogP) is 3.08. The average molecular weight is 380 g/mol. The summed E-state index contributed by atoms with van der Waals surface area (Å²) < 4.78 is 52.7. The highest BCUT2D eigenvalue weighted by atomic mass is 32.2. The van der Waals surface area contributed by atoms with Crippen LogP contribution in [0.2, 0.25) is 0 Å². The minimum absolute atomic E-state index is 0.260. The first kappa shape index (κ1) is 18.9. The SMILES string of the molecule is O=S(=O)(NCCCCN1CCc2ccccc2C1)c1ccc(F)c(F)c1. The van der Waals surface area contributed by atoms with Crippen molar-refractivity contribution in [3.63, 3.8) is 0 Å². The molecular weight excluding hydrogens is 358 g/mol. The second-order valence-electron chi connectivity index (χ2n) is 6.48. The Balaban J connectivity index is 1.42. The highest BCUT2D eigenvalue weighted by Crippen LogP contribution is 2.18. The van der Waals surface area contributed by atoms with Gasteiger partial charge in [-0.2, -0.15) is 0 Å². The summed E-state index contributed by atoms with van der Waals surface area (Å²) in [6.45, 7) is 3.11. The van der Waals surface area contributed by atoms with Crippen molar-refractivity contribution in [3.8, 4) is 0 Å². The minimum Gasteiger partial charge on any atom is -0.299 e. The maximum absolute atomic E-state index is 13.2. The standard InChI is InChI=1S/C19H22F2N2O2S/c20-18-8-7-17(13-19(18)21)26(24,25)22-10-3-4-11-23-12-9-15-5-1-2-6-16(15)14-23/h1-2,5-8,13,22H,3-4,9-12,14H2. The van der Waals surface area contributed by atoms with Crippen LogP contribution >= 0.6 is 0 Å². The molecule has 1 aliphatic rings. The molecular formula is C19H22F2N2O2S. The van der Waals surface area contributed by atoms with Gasteiger partial charge in [0.2, 0.25) is 10.0 Å². The van der Waals surface area contributed by atoms with Gasteiger partial charge in [0, 0.05) is 19.6 Å². The van der Waals surface area contributed by atoms with Gasteiger partial charge in [0.25, 0.3) is 0 Å². The summed E-state index contributed by atoms with van der Waals surface area (Å²) in [4.78, 5) is 2.11. The number of nitrogens with one attached hydrogen (secondary N) is 1. The molecule has 26 heavy (non-hydrogen) atoms. The van der Waals surface area contributed by atoms with Crippen LogP contribution in [0.3, 0.4) is 0 Å². The zero-order valence-corrected chi connectivity index (χ0v) is 15.2. The van der Waals surface area contributed by atoms with Gasteiger partial charge in [0.05, 0.1) is 4.90 Å². The first-order valence-electron chi connectivity index (χ1n) is 8.69. The molecule has 0 saturated heterocycles. The van der Waals surface area contributed by atoms with Gasteiger partial charge in [-0.05, 0) is 55.1 Å². The van der Waals surface area contributed by atoms with E-state index in [1.807, 2.05) is 0 Å². The van der Waals surface area contributed by atoms with Crippen LogP contribution in [0.5, 0.6) is 0 Å². The Hall–Kier alpha value is -1.83. The quantitative estimate of drug-likeness (QED) is 0.751. The molecule has 2 aromatic rings. The molecule has 0 bridgehead atoms. The Morgan fingerprint density at radius 2 is 1.77 bits per heavy atom. The summed E-state index contributed by atoms with van der Waals surface area (Å²) in [6.07, 6.45) is 2.59. The zero-order valence-electron chi connectivity index (χ0n) is 14.4. The number of benzene rings is 2. The van der Waals surface area contributed by atoms with E-state index in [4.69, 9.17) is 0 Å². The lowest BCUT2D eigenvalue weighted by molar-refractivity contribution is 0.249. The molecule has 4 nitrogen and oxygen atoms in total. The third kappa shape index (κ3) is 4.66. The fraction of sp³-hybridized carbons (Fsp3) is 0.368. The third-order valence-electron chi connectivity index (χ3n) is 4.60. The summed E-state index contributed by atoms with van der Waals surface area (Å²) in [5.74, 6) is -2.23. The second-order valence-corrected chi connectivity index (χ2v) is 8.24. The molecule has 0 aliphatic carbocycles. The third-order valence-corrected chi connectivity index (χ3v) is 6.06. The number of sulfonamides is 1. The van der Waals surface area contributed by atoms with Crippen LogP contribution in [0.25, 0.3) is 0 Å². The van der Waals surface area contributed by atoms with Crippen molar-refractivity contribution >= 4 is 10.0 Å². The lowest BCUT2D eigenvalue weighted by atomic mass is 10.00. The predicted molar refractivity (Wildman–Crippen MR) is 96.2 cm³/mol. The molecule has 0 radical (unpaired) electrons. The van der Waals surface area contributed by atoms with Crippen LogP contribution < -0.4 is 4.72 Å². The molecule has 2 aromatic carbocycles. The molecule has 140 valence electrons. The highest BCUT2D eigenvalue weighted by Gasteiger charge is 2.17. The molecule has 0 atom stereocenters. The van der Waals surface area contributed by atoms with E-state index >= 15 is 0 Å². The molecule has 1 heterocycles. The van der Waals surface area contributed by atoms with Crippen LogP contribution in [0.15, 0.2) is 47.4 Å². The summed E-state index contributed by atoms with van der Waals surface area (Å²) in [6, 6.07) is 11.0. The summed E-state index contributed by atoms with van der Waals surface area (Å²) >= 11 is 0. The van der Waals surface area contributed by atoms with Crippen molar-refractivity contribution in [3.05, 3.63) is 65.2 Å². The lowest BCUT2D eigenvalue weighted by Gasteiger charge is -2.28. The molecule has 7 heteroatoms. The van der Waals surface area contributed by atoms with Crippen molar-refractivity contribution in [2.75, 3.05) is 19.6 Å². The van der Waals surface area contributed by atoms with Crippen molar-refractivity contribution in [1.82, 2.24) is 9.62 Å². The van der Waals surface area contributed by atoms with Crippen LogP contribution in [0.1, 0.15) is 24.0 Å². The zero-order chi connectivity index (χ0) is 18.6. The van der Waals surface area contributed by atoms with Gasteiger partial charge in [-0.3, -0.25) is 4.90 Å². The number of hydrogen-bond acceptors (Lipinski definition) is 3. The Morgan fingerprint density at radius 3 is 2.54 bits per heavy atom. The smallest absolute Gasteiger partial charge is 0.240 e. The van der Waals surface area contributed by atoms with Gasteiger partial charge >= 0.3 is 0 Å². The Morgan fingerprint density at radius 1 is 1.00 bits per heavy atom. The van der Waals surface area contributed by atoms with Gasteiger partial charge in [0.1, 0.15) is 0 Å². The number of fused-ring (bicyclic) bond motifs is 1. The van der Waals surface area contributed by atoms with E-state index in [0.717, 1.165) is 44.6 Å². The minimum atomic E-state index is -3.82. The summed E-state index contributed by atoms with van der Waals surface area (Å²) in [5.41, 5.74) is 2.76. The van der Waals surface area contributed by atoms with E-state index < -0.39 is 21.7 Å². The van der Waals surface area contributed by atoms with Gasteiger partial charge in [0.15, 0.2) is 11.6 Å². The van der Waals surface area contributed by atoms with Gasteiger partial charge in [-0.1, -0.05) is 24.3 Å². The fourth-order valence-corrected chi connectivity index (χ4v) is 4.22. The van der Waals surface area contributed by atoms with E-state index in [9.17, 15) is 17.2 Å². The fourth-order valence-electron chi connectivity index (χ4n) is 3.14. The normalized spacial score (nSPS) is 15.0. The number of halogens is 2. The average Bonchev–Trinajstić information content (AvgIpc) is 2.63. The molecule has 0 saturated carbocycles. The van der Waals surface area contributed by atoms with E-state index in [1.54, 1.807) is 0 Å². The van der Waals surface area contributed by atoms with E-state index in [-0.39, 0.29) is 11.4 Å². The monoisotopic (exact) mass is 380 g/mol. The van der Waals surface area contributed by atoms with Gasteiger partial charge < -0.3 is 0 Å². The lowest BCUT2D eigenvalue weighted by Crippen LogP contribution is -2.32. The van der Waals surface area contributed by atoms with Gasteiger partial charge in [-0.25, -0.2) is 21.9 Å². The van der Waals surface area contributed by atoms with Crippen molar-refractivity contribution in [2.24, 2.45) is 0 Å². The van der Waals surface area contributed by atoms with Crippen molar-refractivity contribution in [1.29, 1.82) is 0 Å². The Labute approximate surface area is 152 Å². The molecule has 1 aliphatic heterocycles. The van der Waals surface area contributed by atoms with Crippen LogP contribution in [0, 0.1) is 11.6 Å². The van der Waals surface area contributed by atoms with E-state index in [2.05, 4.69) is 33.9 Å². The van der Waals surface area contributed by atoms with Crippen molar-refractivity contribution in [2.45, 2.75) is 30.7 Å². The van der Waals surface area contributed by atoms with Crippen LogP contribution in [-0.4, -0.2) is 33.0 Å². The van der Waals surface area contributed by atoms with Crippen LogP contribution in [-0.2, 0) is 23.0 Å². The topological polar surface area (TPSA) is 49.4 Å². The molecule has 0 amide bonds.